The number of aliphatic hydroxyl groups excluding tert-OH is 1. The minimum absolute atomic E-state index is 0.0724. The molecule has 0 fully saturated rings. The Morgan fingerprint density at radius 1 is 1.25 bits per heavy atom. The van der Waals surface area contributed by atoms with Crippen LogP contribution in [0.4, 0.5) is 0 Å². The average molecular weight is 176 g/mol. The van der Waals surface area contributed by atoms with Crippen LogP contribution in [0.3, 0.4) is 0 Å². The van der Waals surface area contributed by atoms with Gasteiger partial charge in [0.25, 0.3) is 0 Å². The third-order valence-corrected chi connectivity index (χ3v) is 1.65. The highest BCUT2D eigenvalue weighted by molar-refractivity contribution is 4.52. The summed E-state index contributed by atoms with van der Waals surface area (Å²) in [6.45, 7) is 5.61. The summed E-state index contributed by atoms with van der Waals surface area (Å²) in [6, 6.07) is 0. The van der Waals surface area contributed by atoms with Gasteiger partial charge in [0.1, 0.15) is 0 Å². The zero-order chi connectivity index (χ0) is 9.56. The van der Waals surface area contributed by atoms with Gasteiger partial charge in [-0.25, -0.2) is 16.7 Å². The molecule has 0 aliphatic carbocycles. The molecule has 5 nitrogen and oxygen atoms in total. The van der Waals surface area contributed by atoms with E-state index in [1.165, 1.54) is 0 Å². The Labute approximate surface area is 73.8 Å². The first kappa shape index (κ1) is 11.8. The molecule has 0 aromatic rings. The number of aliphatic hydroxyl groups is 1. The number of hydrazine groups is 3. The molecule has 0 rings (SSSR count). The molecule has 0 aromatic carbocycles. The lowest BCUT2D eigenvalue weighted by atomic mass is 10.1. The summed E-state index contributed by atoms with van der Waals surface area (Å²) in [7, 11) is 0. The molecule has 0 bridgehead atoms. The summed E-state index contributed by atoms with van der Waals surface area (Å²) in [6.07, 6.45) is 1.02. The van der Waals surface area contributed by atoms with Crippen molar-refractivity contribution < 1.29 is 5.11 Å². The zero-order valence-corrected chi connectivity index (χ0v) is 7.90. The van der Waals surface area contributed by atoms with E-state index in [-0.39, 0.29) is 6.61 Å². The van der Waals surface area contributed by atoms with Crippen molar-refractivity contribution in [3.63, 3.8) is 0 Å². The molecule has 0 aromatic heterocycles. The number of nitrogens with two attached hydrogens (primary N) is 2. The van der Waals surface area contributed by atoms with Crippen molar-refractivity contribution in [3.05, 3.63) is 0 Å². The van der Waals surface area contributed by atoms with Crippen LogP contribution in [0.5, 0.6) is 0 Å². The first-order valence-corrected chi connectivity index (χ1v) is 4.23. The molecular formula is C7H20N4O. The Bertz CT molecular complexity index is 108. The van der Waals surface area contributed by atoms with E-state index in [1.54, 1.807) is 5.01 Å². The van der Waals surface area contributed by atoms with Gasteiger partial charge in [0.2, 0.25) is 0 Å². The SMILES string of the molecule is CC(C)CCN(CCO)N(N)N. The standard InChI is InChI=1S/C7H20N4O/c1-7(2)3-4-10(5-6-12)11(8)9/h7,12H,3-6,8-9H2,1-2H3. The van der Waals surface area contributed by atoms with Gasteiger partial charge in [0.15, 0.2) is 0 Å². The van der Waals surface area contributed by atoms with Crippen LogP contribution < -0.4 is 11.7 Å². The molecule has 5 heteroatoms. The maximum absolute atomic E-state index is 8.67. The first-order valence-electron chi connectivity index (χ1n) is 4.23. The molecule has 74 valence electrons. The second kappa shape index (κ2) is 6.33. The highest BCUT2D eigenvalue weighted by Crippen LogP contribution is 2.01. The summed E-state index contributed by atoms with van der Waals surface area (Å²) in [5.74, 6) is 11.3. The van der Waals surface area contributed by atoms with Crippen molar-refractivity contribution in [2.75, 3.05) is 19.7 Å². The Morgan fingerprint density at radius 2 is 1.83 bits per heavy atom. The Hall–Kier alpha value is -0.200. The van der Waals surface area contributed by atoms with E-state index in [2.05, 4.69) is 13.8 Å². The van der Waals surface area contributed by atoms with Crippen LogP contribution in [0.15, 0.2) is 0 Å². The van der Waals surface area contributed by atoms with Gasteiger partial charge in [0, 0.05) is 13.1 Å². The Morgan fingerprint density at radius 3 is 2.17 bits per heavy atom. The lowest BCUT2D eigenvalue weighted by Crippen LogP contribution is -2.53. The number of hydrogen-bond donors (Lipinski definition) is 3. The normalized spacial score (nSPS) is 12.0. The van der Waals surface area contributed by atoms with Gasteiger partial charge in [0.05, 0.1) is 6.61 Å². The van der Waals surface area contributed by atoms with E-state index < -0.39 is 0 Å². The third kappa shape index (κ3) is 5.45. The van der Waals surface area contributed by atoms with Gasteiger partial charge in [-0.3, -0.25) is 0 Å². The molecule has 0 unspecified atom stereocenters. The molecule has 0 radical (unpaired) electrons. The fourth-order valence-corrected chi connectivity index (χ4v) is 0.865. The second-order valence-electron chi connectivity index (χ2n) is 3.24. The quantitative estimate of drug-likeness (QED) is 0.368. The zero-order valence-electron chi connectivity index (χ0n) is 7.90. The molecule has 0 aliphatic rings. The summed E-state index contributed by atoms with van der Waals surface area (Å²) in [5, 5.41) is 11.4. The predicted octanol–water partition coefficient (Wildman–Crippen LogP) is -0.709. The van der Waals surface area contributed by atoms with Crippen LogP contribution in [-0.4, -0.2) is 35.0 Å². The molecule has 0 aliphatic heterocycles. The lowest BCUT2D eigenvalue weighted by Gasteiger charge is -2.27. The Balaban J connectivity index is 3.63. The summed E-state index contributed by atoms with van der Waals surface area (Å²) in [4.78, 5) is 0. The largest absolute Gasteiger partial charge is 0.395 e. The van der Waals surface area contributed by atoms with Gasteiger partial charge in [-0.2, -0.15) is 0 Å². The highest BCUT2D eigenvalue weighted by Gasteiger charge is 2.07. The van der Waals surface area contributed by atoms with E-state index in [0.717, 1.165) is 18.2 Å². The summed E-state index contributed by atoms with van der Waals surface area (Å²) in [5.41, 5.74) is 0. The number of nitrogens with zero attached hydrogens (tertiary/aromatic N) is 2. The van der Waals surface area contributed by atoms with Crippen LogP contribution in [0.1, 0.15) is 20.3 Å². The predicted molar refractivity (Wildman–Crippen MR) is 48.3 cm³/mol. The van der Waals surface area contributed by atoms with Gasteiger partial charge < -0.3 is 5.11 Å². The van der Waals surface area contributed by atoms with Crippen molar-refractivity contribution in [1.29, 1.82) is 0 Å². The smallest absolute Gasteiger partial charge is 0.0573 e. The summed E-state index contributed by atoms with van der Waals surface area (Å²) < 4.78 is 0. The fourth-order valence-electron chi connectivity index (χ4n) is 0.865. The van der Waals surface area contributed by atoms with Crippen LogP contribution in [0.25, 0.3) is 0 Å². The molecule has 0 spiro atoms. The van der Waals surface area contributed by atoms with Crippen LogP contribution in [0.2, 0.25) is 0 Å². The van der Waals surface area contributed by atoms with Gasteiger partial charge in [-0.05, 0) is 12.3 Å². The molecular weight excluding hydrogens is 156 g/mol. The maximum Gasteiger partial charge on any atom is 0.0573 e. The molecule has 0 atom stereocenters. The molecule has 0 heterocycles. The van der Waals surface area contributed by atoms with Crippen LogP contribution >= 0.6 is 0 Å². The minimum atomic E-state index is 0.0724. The highest BCUT2D eigenvalue weighted by atomic mass is 16.3. The topological polar surface area (TPSA) is 78.8 Å². The van der Waals surface area contributed by atoms with Crippen molar-refractivity contribution in [2.45, 2.75) is 20.3 Å². The maximum atomic E-state index is 8.67. The monoisotopic (exact) mass is 176 g/mol. The van der Waals surface area contributed by atoms with E-state index in [0.29, 0.717) is 12.5 Å². The van der Waals surface area contributed by atoms with Crippen molar-refractivity contribution in [2.24, 2.45) is 17.6 Å². The minimum Gasteiger partial charge on any atom is -0.395 e. The van der Waals surface area contributed by atoms with Crippen LogP contribution in [-0.2, 0) is 0 Å². The molecule has 0 amide bonds. The van der Waals surface area contributed by atoms with Gasteiger partial charge >= 0.3 is 0 Å². The third-order valence-electron chi connectivity index (χ3n) is 1.65. The molecule has 0 saturated heterocycles. The summed E-state index contributed by atoms with van der Waals surface area (Å²) >= 11 is 0. The van der Waals surface area contributed by atoms with Crippen molar-refractivity contribution >= 4 is 0 Å². The van der Waals surface area contributed by atoms with Gasteiger partial charge in [-0.1, -0.05) is 13.8 Å². The Kier molecular flexibility index (Phi) is 6.23. The molecule has 0 saturated carbocycles. The van der Waals surface area contributed by atoms with Gasteiger partial charge in [-0.15, -0.1) is 5.23 Å². The van der Waals surface area contributed by atoms with E-state index in [9.17, 15) is 0 Å². The van der Waals surface area contributed by atoms with E-state index in [4.69, 9.17) is 16.8 Å². The van der Waals surface area contributed by atoms with Crippen molar-refractivity contribution in [3.8, 4) is 0 Å². The number of hydrogen-bond acceptors (Lipinski definition) is 5. The first-order chi connectivity index (χ1) is 5.57. The van der Waals surface area contributed by atoms with Crippen molar-refractivity contribution in [1.82, 2.24) is 10.2 Å². The fraction of sp³-hybridized carbons (Fsp3) is 1.00. The lowest BCUT2D eigenvalue weighted by molar-refractivity contribution is -0.0416. The van der Waals surface area contributed by atoms with E-state index in [1.807, 2.05) is 0 Å². The molecule has 12 heavy (non-hydrogen) atoms. The number of rotatable bonds is 6. The van der Waals surface area contributed by atoms with Crippen LogP contribution in [0, 0.1) is 5.92 Å². The second-order valence-corrected chi connectivity index (χ2v) is 3.24. The molecule has 5 N–H and O–H groups in total. The van der Waals surface area contributed by atoms with E-state index >= 15 is 0 Å². The average Bonchev–Trinajstić information content (AvgIpc) is 1.96.